The Kier molecular flexibility index (Phi) is 4.81. The second-order valence-electron chi connectivity index (χ2n) is 5.09. The van der Waals surface area contributed by atoms with Gasteiger partial charge >= 0.3 is 0 Å². The first-order valence-corrected chi connectivity index (χ1v) is 6.67. The predicted octanol–water partition coefficient (Wildman–Crippen LogP) is 3.70. The monoisotopic (exact) mass is 225 g/mol. The van der Waals surface area contributed by atoms with Crippen LogP contribution in [0, 0.1) is 5.41 Å². The predicted molar refractivity (Wildman–Crippen MR) is 69.6 cm³/mol. The number of rotatable bonds is 5. The van der Waals surface area contributed by atoms with Gasteiger partial charge < -0.3 is 5.32 Å². The van der Waals surface area contributed by atoms with Crippen LogP contribution in [0.25, 0.3) is 0 Å². The molecule has 0 fully saturated rings. The summed E-state index contributed by atoms with van der Waals surface area (Å²) in [5.74, 6) is 0. The molecule has 1 unspecified atom stereocenters. The van der Waals surface area contributed by atoms with Crippen molar-refractivity contribution in [2.45, 2.75) is 46.6 Å². The smallest absolute Gasteiger partial charge is 0.0119 e. The maximum absolute atomic E-state index is 3.59. The van der Waals surface area contributed by atoms with Crippen LogP contribution in [0.3, 0.4) is 0 Å². The molecule has 1 N–H and O–H groups in total. The van der Waals surface area contributed by atoms with Gasteiger partial charge in [-0.05, 0) is 36.2 Å². The van der Waals surface area contributed by atoms with Crippen molar-refractivity contribution >= 4 is 11.3 Å². The van der Waals surface area contributed by atoms with Gasteiger partial charge in [0.15, 0.2) is 0 Å². The van der Waals surface area contributed by atoms with Crippen LogP contribution < -0.4 is 5.32 Å². The Hall–Kier alpha value is -0.340. The van der Waals surface area contributed by atoms with Crippen LogP contribution in [-0.2, 0) is 6.42 Å². The third-order valence-corrected chi connectivity index (χ3v) is 3.69. The third kappa shape index (κ3) is 4.35. The molecule has 1 nitrogen and oxygen atoms in total. The first-order chi connectivity index (χ1) is 7.04. The number of nitrogens with one attached hydrogen (secondary N) is 1. The molecule has 0 aliphatic heterocycles. The fraction of sp³-hybridized carbons (Fsp3) is 0.692. The zero-order valence-corrected chi connectivity index (χ0v) is 11.2. The summed E-state index contributed by atoms with van der Waals surface area (Å²) >= 11 is 1.87. The minimum Gasteiger partial charge on any atom is -0.314 e. The Bertz CT molecular complexity index is 259. The van der Waals surface area contributed by atoms with Gasteiger partial charge in [0.05, 0.1) is 0 Å². The minimum atomic E-state index is 0.354. The third-order valence-electron chi connectivity index (χ3n) is 2.76. The van der Waals surface area contributed by atoms with Gasteiger partial charge in [0, 0.05) is 10.9 Å². The van der Waals surface area contributed by atoms with Crippen molar-refractivity contribution in [3.63, 3.8) is 0 Å². The van der Waals surface area contributed by atoms with E-state index in [0.29, 0.717) is 11.5 Å². The van der Waals surface area contributed by atoms with Crippen LogP contribution in [0.1, 0.15) is 39.0 Å². The van der Waals surface area contributed by atoms with E-state index in [-0.39, 0.29) is 0 Å². The maximum Gasteiger partial charge on any atom is 0.0119 e. The van der Waals surface area contributed by atoms with Crippen LogP contribution >= 0.6 is 11.3 Å². The molecule has 0 bridgehead atoms. The average Bonchev–Trinajstić information content (AvgIpc) is 2.62. The molecule has 0 amide bonds. The molecular formula is C13H23NS. The van der Waals surface area contributed by atoms with Crippen LogP contribution in [-0.4, -0.2) is 12.6 Å². The molecule has 0 aliphatic carbocycles. The Morgan fingerprint density at radius 1 is 1.40 bits per heavy atom. The van der Waals surface area contributed by atoms with Crippen LogP contribution in [0.2, 0.25) is 0 Å². The van der Waals surface area contributed by atoms with Gasteiger partial charge in [0.1, 0.15) is 0 Å². The van der Waals surface area contributed by atoms with Gasteiger partial charge in [0.25, 0.3) is 0 Å². The van der Waals surface area contributed by atoms with E-state index in [1.54, 1.807) is 0 Å². The molecule has 1 atom stereocenters. The molecule has 0 aromatic carbocycles. The highest BCUT2D eigenvalue weighted by atomic mass is 32.1. The maximum atomic E-state index is 3.59. The summed E-state index contributed by atoms with van der Waals surface area (Å²) in [6.07, 6.45) is 2.43. The van der Waals surface area contributed by atoms with Gasteiger partial charge in [0.2, 0.25) is 0 Å². The number of thiophene rings is 1. The zero-order valence-electron chi connectivity index (χ0n) is 10.3. The lowest BCUT2D eigenvalue weighted by atomic mass is 9.84. The zero-order chi connectivity index (χ0) is 11.3. The van der Waals surface area contributed by atoms with Crippen LogP contribution in [0.15, 0.2) is 17.5 Å². The molecule has 86 valence electrons. The molecule has 0 spiro atoms. The highest BCUT2D eigenvalue weighted by Gasteiger charge is 2.23. The second kappa shape index (κ2) is 5.66. The molecule has 1 rings (SSSR count). The van der Waals surface area contributed by atoms with Gasteiger partial charge in [-0.1, -0.05) is 33.8 Å². The number of hydrogen-bond donors (Lipinski definition) is 1. The van der Waals surface area contributed by atoms with E-state index in [4.69, 9.17) is 0 Å². The van der Waals surface area contributed by atoms with E-state index in [2.05, 4.69) is 50.5 Å². The number of aryl methyl sites for hydroxylation is 1. The molecule has 1 aromatic heterocycles. The van der Waals surface area contributed by atoms with Gasteiger partial charge in [-0.15, -0.1) is 11.3 Å². The van der Waals surface area contributed by atoms with Crippen molar-refractivity contribution in [2.75, 3.05) is 6.54 Å². The van der Waals surface area contributed by atoms with E-state index in [1.807, 2.05) is 11.3 Å². The fourth-order valence-corrected chi connectivity index (χ4v) is 2.55. The van der Waals surface area contributed by atoms with E-state index in [9.17, 15) is 0 Å². The Morgan fingerprint density at radius 3 is 2.60 bits per heavy atom. The summed E-state index contributed by atoms with van der Waals surface area (Å²) in [4.78, 5) is 1.50. The first-order valence-electron chi connectivity index (χ1n) is 5.79. The molecule has 1 heterocycles. The topological polar surface area (TPSA) is 12.0 Å². The van der Waals surface area contributed by atoms with Crippen molar-refractivity contribution in [2.24, 2.45) is 5.41 Å². The van der Waals surface area contributed by atoms with Crippen molar-refractivity contribution in [3.8, 4) is 0 Å². The molecule has 1 aromatic rings. The largest absolute Gasteiger partial charge is 0.314 e. The van der Waals surface area contributed by atoms with Crippen molar-refractivity contribution in [1.29, 1.82) is 0 Å². The molecule has 0 radical (unpaired) electrons. The highest BCUT2D eigenvalue weighted by molar-refractivity contribution is 7.09. The van der Waals surface area contributed by atoms with Crippen LogP contribution in [0.5, 0.6) is 0 Å². The lowest BCUT2D eigenvalue weighted by Crippen LogP contribution is -2.40. The standard InChI is InChI=1S/C13H23NS/c1-5-14-12(13(2,3)4)9-8-11-7-6-10-15-11/h6-7,10,12,14H,5,8-9H2,1-4H3. The fourth-order valence-electron chi connectivity index (χ4n) is 1.83. The Balaban J connectivity index is 2.45. The quantitative estimate of drug-likeness (QED) is 0.805. The lowest BCUT2D eigenvalue weighted by Gasteiger charge is -2.31. The molecule has 2 heteroatoms. The normalized spacial score (nSPS) is 14.1. The van der Waals surface area contributed by atoms with Gasteiger partial charge in [-0.3, -0.25) is 0 Å². The lowest BCUT2D eigenvalue weighted by molar-refractivity contribution is 0.259. The van der Waals surface area contributed by atoms with Crippen molar-refractivity contribution in [3.05, 3.63) is 22.4 Å². The molecular weight excluding hydrogens is 202 g/mol. The summed E-state index contributed by atoms with van der Waals surface area (Å²) < 4.78 is 0. The molecule has 0 saturated carbocycles. The van der Waals surface area contributed by atoms with E-state index in [0.717, 1.165) is 6.54 Å². The molecule has 0 aliphatic rings. The van der Waals surface area contributed by atoms with Gasteiger partial charge in [-0.2, -0.15) is 0 Å². The Morgan fingerprint density at radius 2 is 2.13 bits per heavy atom. The molecule has 0 saturated heterocycles. The van der Waals surface area contributed by atoms with E-state index in [1.165, 1.54) is 17.7 Å². The van der Waals surface area contributed by atoms with E-state index < -0.39 is 0 Å². The SMILES string of the molecule is CCNC(CCc1cccs1)C(C)(C)C. The summed E-state index contributed by atoms with van der Waals surface area (Å²) in [6, 6.07) is 4.99. The average molecular weight is 225 g/mol. The summed E-state index contributed by atoms with van der Waals surface area (Å²) in [5, 5.41) is 5.75. The second-order valence-corrected chi connectivity index (χ2v) is 6.13. The minimum absolute atomic E-state index is 0.354. The molecule has 15 heavy (non-hydrogen) atoms. The highest BCUT2D eigenvalue weighted by Crippen LogP contribution is 2.24. The summed E-state index contributed by atoms with van der Waals surface area (Å²) in [5.41, 5.74) is 0.354. The summed E-state index contributed by atoms with van der Waals surface area (Å²) in [6.45, 7) is 10.2. The summed E-state index contributed by atoms with van der Waals surface area (Å²) in [7, 11) is 0. The van der Waals surface area contributed by atoms with Crippen molar-refractivity contribution < 1.29 is 0 Å². The van der Waals surface area contributed by atoms with Crippen molar-refractivity contribution in [1.82, 2.24) is 5.32 Å². The number of hydrogen-bond acceptors (Lipinski definition) is 2. The van der Waals surface area contributed by atoms with Gasteiger partial charge in [-0.25, -0.2) is 0 Å². The Labute approximate surface area is 97.9 Å². The van der Waals surface area contributed by atoms with E-state index >= 15 is 0 Å². The first kappa shape index (κ1) is 12.7. The van der Waals surface area contributed by atoms with Crippen LogP contribution in [0.4, 0.5) is 0 Å².